The molecule has 5 aromatic rings. The first-order valence-electron chi connectivity index (χ1n) is 14.1. The van der Waals surface area contributed by atoms with Gasteiger partial charge in [-0.2, -0.15) is 8.78 Å². The molecule has 5 rings (SSSR count). The van der Waals surface area contributed by atoms with Crippen molar-refractivity contribution >= 4 is 0 Å². The number of rotatable bonds is 10. The van der Waals surface area contributed by atoms with E-state index in [1.165, 1.54) is 48.5 Å². The molecule has 0 spiro atoms. The van der Waals surface area contributed by atoms with E-state index < -0.39 is 40.8 Å². The van der Waals surface area contributed by atoms with Gasteiger partial charge in [0.2, 0.25) is 0 Å². The molecule has 0 fully saturated rings. The van der Waals surface area contributed by atoms with Crippen LogP contribution in [0.15, 0.2) is 97.1 Å². The van der Waals surface area contributed by atoms with Crippen LogP contribution in [-0.2, 0) is 12.5 Å². The SMILES string of the molecule is CCCCCc1ccc(C(F)(F)Oc2ccc(-c3ccc(-c4cc(F)c(-c5ccc(F)c(F)c5)c(F)c4)c(F)c3)cc2)cc1. The number of hydrogen-bond acceptors (Lipinski definition) is 1. The number of hydrogen-bond donors (Lipinski definition) is 0. The largest absolute Gasteiger partial charge is 0.429 e. The van der Waals surface area contributed by atoms with Gasteiger partial charge in [0.15, 0.2) is 11.6 Å². The van der Waals surface area contributed by atoms with E-state index in [1.807, 2.05) is 0 Å². The second-order valence-electron chi connectivity index (χ2n) is 10.4. The minimum absolute atomic E-state index is 0.0880. The second-order valence-corrected chi connectivity index (χ2v) is 10.4. The fourth-order valence-electron chi connectivity index (χ4n) is 4.95. The Bertz CT molecular complexity index is 1740. The van der Waals surface area contributed by atoms with Gasteiger partial charge in [-0.05, 0) is 95.3 Å². The Morgan fingerprint density at radius 2 is 1.14 bits per heavy atom. The zero-order valence-electron chi connectivity index (χ0n) is 23.6. The summed E-state index contributed by atoms with van der Waals surface area (Å²) in [6, 6.07) is 20.0. The number of benzene rings is 5. The van der Waals surface area contributed by atoms with E-state index in [4.69, 9.17) is 4.74 Å². The summed E-state index contributed by atoms with van der Waals surface area (Å²) in [5.41, 5.74) is 0.615. The summed E-state index contributed by atoms with van der Waals surface area (Å²) >= 11 is 0. The van der Waals surface area contributed by atoms with Gasteiger partial charge in [0.05, 0.1) is 11.1 Å². The van der Waals surface area contributed by atoms with Crippen LogP contribution in [0.3, 0.4) is 0 Å². The van der Waals surface area contributed by atoms with E-state index in [0.29, 0.717) is 17.2 Å². The topological polar surface area (TPSA) is 9.23 Å². The lowest BCUT2D eigenvalue weighted by atomic mass is 9.96. The third-order valence-corrected chi connectivity index (χ3v) is 7.32. The molecule has 0 heterocycles. The molecule has 0 atom stereocenters. The maximum Gasteiger partial charge on any atom is 0.426 e. The van der Waals surface area contributed by atoms with Gasteiger partial charge in [-0.25, -0.2) is 22.0 Å². The summed E-state index contributed by atoms with van der Waals surface area (Å²) in [6.07, 6.45) is 0.400. The lowest BCUT2D eigenvalue weighted by Gasteiger charge is -2.19. The van der Waals surface area contributed by atoms with Gasteiger partial charge in [-0.1, -0.05) is 62.2 Å². The van der Waals surface area contributed by atoms with E-state index in [1.54, 1.807) is 12.1 Å². The molecule has 0 aliphatic heterocycles. The van der Waals surface area contributed by atoms with Crippen molar-refractivity contribution in [2.45, 2.75) is 38.7 Å². The third-order valence-electron chi connectivity index (χ3n) is 7.32. The molecule has 0 aliphatic rings. The zero-order valence-corrected chi connectivity index (χ0v) is 23.6. The Labute approximate surface area is 250 Å². The van der Waals surface area contributed by atoms with E-state index in [0.717, 1.165) is 61.6 Å². The van der Waals surface area contributed by atoms with Crippen LogP contribution in [0.4, 0.5) is 30.7 Å². The Morgan fingerprint density at radius 3 is 1.75 bits per heavy atom. The minimum atomic E-state index is -3.57. The molecule has 0 radical (unpaired) electrons. The number of aryl methyl sites for hydroxylation is 1. The van der Waals surface area contributed by atoms with Gasteiger partial charge in [0, 0.05) is 5.56 Å². The molecule has 0 unspecified atom stereocenters. The van der Waals surface area contributed by atoms with Gasteiger partial charge < -0.3 is 4.74 Å². The van der Waals surface area contributed by atoms with E-state index in [9.17, 15) is 26.3 Å². The van der Waals surface area contributed by atoms with Crippen LogP contribution in [0.5, 0.6) is 5.75 Å². The average molecular weight is 609 g/mol. The molecule has 0 aliphatic carbocycles. The summed E-state index contributed by atoms with van der Waals surface area (Å²) < 4.78 is 106. The monoisotopic (exact) mass is 608 g/mol. The Morgan fingerprint density at radius 1 is 0.545 bits per heavy atom. The maximum absolute atomic E-state index is 15.2. The summed E-state index contributed by atoms with van der Waals surface area (Å²) in [5.74, 6) is -5.45. The molecule has 226 valence electrons. The predicted molar refractivity (Wildman–Crippen MR) is 157 cm³/mol. The molecule has 44 heavy (non-hydrogen) atoms. The molecule has 0 saturated heterocycles. The number of halogens is 7. The van der Waals surface area contributed by atoms with Crippen LogP contribution in [-0.4, -0.2) is 0 Å². The summed E-state index contributed by atoms with van der Waals surface area (Å²) in [7, 11) is 0. The average Bonchev–Trinajstić information content (AvgIpc) is 2.99. The second kappa shape index (κ2) is 13.0. The lowest BCUT2D eigenvalue weighted by molar-refractivity contribution is -0.185. The highest BCUT2D eigenvalue weighted by Crippen LogP contribution is 2.36. The molecular weight excluding hydrogens is 581 g/mol. The fraction of sp³-hybridized carbons (Fsp3) is 0.167. The molecule has 0 saturated carbocycles. The number of unbranched alkanes of at least 4 members (excludes halogenated alkanes) is 2. The number of alkyl halides is 2. The van der Waals surface area contributed by atoms with Gasteiger partial charge >= 0.3 is 6.11 Å². The molecule has 0 bridgehead atoms. The third kappa shape index (κ3) is 6.80. The van der Waals surface area contributed by atoms with Crippen molar-refractivity contribution in [1.82, 2.24) is 0 Å². The number of ether oxygens (including phenoxy) is 1. The summed E-state index contributed by atoms with van der Waals surface area (Å²) in [5, 5.41) is 0. The van der Waals surface area contributed by atoms with Gasteiger partial charge in [0.1, 0.15) is 23.2 Å². The molecule has 8 heteroatoms. The Kier molecular flexibility index (Phi) is 9.09. The highest BCUT2D eigenvalue weighted by Gasteiger charge is 2.34. The van der Waals surface area contributed by atoms with Crippen molar-refractivity contribution in [3.63, 3.8) is 0 Å². The van der Waals surface area contributed by atoms with Crippen molar-refractivity contribution in [3.8, 4) is 39.1 Å². The van der Waals surface area contributed by atoms with Crippen LogP contribution in [0, 0.1) is 29.1 Å². The molecule has 5 aromatic carbocycles. The van der Waals surface area contributed by atoms with Crippen molar-refractivity contribution in [2.24, 2.45) is 0 Å². The van der Waals surface area contributed by atoms with Crippen molar-refractivity contribution in [3.05, 3.63) is 137 Å². The van der Waals surface area contributed by atoms with Crippen molar-refractivity contribution in [1.29, 1.82) is 0 Å². The summed E-state index contributed by atoms with van der Waals surface area (Å²) in [4.78, 5) is 0. The van der Waals surface area contributed by atoms with E-state index in [2.05, 4.69) is 6.92 Å². The standard InChI is InChI=1S/C36H27F7O/c1-2-3-4-5-22-6-12-27(13-7-22)36(42,43)44-28-14-8-23(9-15-28)24-10-16-29(31(38)18-24)26-20-33(40)35(34(41)21-26)25-11-17-30(37)32(39)19-25/h6-21H,2-5H2,1H3. The predicted octanol–water partition coefficient (Wildman–Crippen LogP) is 11.2. The van der Waals surface area contributed by atoms with Crippen LogP contribution in [0.1, 0.15) is 37.3 Å². The molecule has 1 nitrogen and oxygen atoms in total. The molecule has 0 aromatic heterocycles. The lowest BCUT2D eigenvalue weighted by Crippen LogP contribution is -2.21. The molecular formula is C36H27F7O. The van der Waals surface area contributed by atoms with E-state index >= 15 is 4.39 Å². The highest BCUT2D eigenvalue weighted by atomic mass is 19.3. The van der Waals surface area contributed by atoms with Crippen LogP contribution in [0.2, 0.25) is 0 Å². The van der Waals surface area contributed by atoms with Gasteiger partial charge in [-0.3, -0.25) is 0 Å². The first-order chi connectivity index (χ1) is 21.1. The van der Waals surface area contributed by atoms with Crippen LogP contribution in [0.25, 0.3) is 33.4 Å². The van der Waals surface area contributed by atoms with Gasteiger partial charge in [0.25, 0.3) is 0 Å². The van der Waals surface area contributed by atoms with E-state index in [-0.39, 0.29) is 28.0 Å². The quantitative estimate of drug-likeness (QED) is 0.113. The van der Waals surface area contributed by atoms with Crippen LogP contribution < -0.4 is 4.74 Å². The summed E-state index contributed by atoms with van der Waals surface area (Å²) in [6.45, 7) is 2.10. The first kappa shape index (κ1) is 30.9. The molecule has 0 N–H and O–H groups in total. The maximum atomic E-state index is 15.2. The van der Waals surface area contributed by atoms with Crippen molar-refractivity contribution in [2.75, 3.05) is 0 Å². The Hall–Kier alpha value is -4.59. The smallest absolute Gasteiger partial charge is 0.426 e. The van der Waals surface area contributed by atoms with Gasteiger partial charge in [-0.15, -0.1) is 0 Å². The highest BCUT2D eigenvalue weighted by molar-refractivity contribution is 5.74. The van der Waals surface area contributed by atoms with Crippen LogP contribution >= 0.6 is 0 Å². The molecule has 0 amide bonds. The Balaban J connectivity index is 1.31. The zero-order chi connectivity index (χ0) is 31.4. The fourth-order valence-corrected chi connectivity index (χ4v) is 4.95. The normalized spacial score (nSPS) is 11.5. The minimum Gasteiger partial charge on any atom is -0.429 e. The van der Waals surface area contributed by atoms with Crippen molar-refractivity contribution < 1.29 is 35.5 Å². The first-order valence-corrected chi connectivity index (χ1v) is 14.1.